The molecule has 1 aromatic carbocycles. The number of hydrogen-bond acceptors (Lipinski definition) is 8. The number of nitro benzene ring substituents is 1. The fraction of sp³-hybridized carbons (Fsp3) is 0.118. The maximum Gasteiger partial charge on any atom is 0.271 e. The van der Waals surface area contributed by atoms with Crippen LogP contribution in [0.3, 0.4) is 0 Å². The largest absolute Gasteiger partial charge is 0.397 e. The number of rotatable bonds is 8. The highest BCUT2D eigenvalue weighted by Gasteiger charge is 2.11. The standard InChI is InChI=1S/C17H17ClN6O3S/c1-10-16(28-17(21-10)23-15(25)9-18)14(19)6-7-20-11(2)22-12-4-3-5-13(8-12)24(26)27/h3-8,22H,2,9,19H2,1H3,(H,21,23,25)/b14-6-,20-7?. The van der Waals surface area contributed by atoms with Crippen molar-refractivity contribution >= 4 is 57.3 Å². The van der Waals surface area contributed by atoms with Crippen molar-refractivity contribution in [2.75, 3.05) is 16.5 Å². The summed E-state index contributed by atoms with van der Waals surface area (Å²) in [4.78, 5) is 30.6. The molecule has 0 saturated carbocycles. The molecule has 11 heteroatoms. The summed E-state index contributed by atoms with van der Waals surface area (Å²) in [5.74, 6) is -0.235. The summed E-state index contributed by atoms with van der Waals surface area (Å²) in [5, 5.41) is 16.6. The Balaban J connectivity index is 2.03. The van der Waals surface area contributed by atoms with E-state index in [1.165, 1.54) is 29.7 Å². The summed E-state index contributed by atoms with van der Waals surface area (Å²) in [7, 11) is 0. The Labute approximate surface area is 169 Å². The summed E-state index contributed by atoms with van der Waals surface area (Å²) in [6, 6.07) is 5.99. The number of non-ortho nitro benzene ring substituents is 1. The quantitative estimate of drug-likeness (QED) is 0.259. The number of nitrogens with one attached hydrogen (secondary N) is 2. The second-order valence-electron chi connectivity index (χ2n) is 5.39. The van der Waals surface area contributed by atoms with Gasteiger partial charge in [-0.05, 0) is 19.1 Å². The number of carbonyl (C=O) groups excluding carboxylic acids is 1. The number of alkyl halides is 1. The van der Waals surface area contributed by atoms with E-state index in [1.807, 2.05) is 0 Å². The zero-order valence-electron chi connectivity index (χ0n) is 14.8. The van der Waals surface area contributed by atoms with E-state index in [-0.39, 0.29) is 23.3 Å². The third-order valence-corrected chi connectivity index (χ3v) is 4.62. The third kappa shape index (κ3) is 5.89. The Morgan fingerprint density at radius 2 is 2.25 bits per heavy atom. The molecule has 0 fully saturated rings. The minimum absolute atomic E-state index is 0.0383. The second kappa shape index (κ2) is 9.62. The van der Waals surface area contributed by atoms with Crippen LogP contribution in [0.15, 0.2) is 47.7 Å². The van der Waals surface area contributed by atoms with Crippen LogP contribution in [0.5, 0.6) is 0 Å². The number of aryl methyl sites for hydroxylation is 1. The van der Waals surface area contributed by atoms with Crippen LogP contribution in [-0.2, 0) is 4.79 Å². The van der Waals surface area contributed by atoms with Crippen LogP contribution in [-0.4, -0.2) is 27.9 Å². The van der Waals surface area contributed by atoms with Crippen molar-refractivity contribution in [2.45, 2.75) is 6.92 Å². The first-order valence-corrected chi connectivity index (χ1v) is 9.19. The van der Waals surface area contributed by atoms with Gasteiger partial charge in [0.05, 0.1) is 21.2 Å². The molecule has 0 aliphatic heterocycles. The van der Waals surface area contributed by atoms with E-state index in [0.29, 0.717) is 27.1 Å². The number of nitro groups is 1. The van der Waals surface area contributed by atoms with E-state index in [1.54, 1.807) is 25.1 Å². The van der Waals surface area contributed by atoms with Crippen molar-refractivity contribution in [1.29, 1.82) is 0 Å². The van der Waals surface area contributed by atoms with Gasteiger partial charge < -0.3 is 16.4 Å². The average molecular weight is 421 g/mol. The highest BCUT2D eigenvalue weighted by molar-refractivity contribution is 7.17. The predicted octanol–water partition coefficient (Wildman–Crippen LogP) is 3.49. The summed E-state index contributed by atoms with van der Waals surface area (Å²) in [5.41, 5.74) is 7.56. The Bertz CT molecular complexity index is 970. The van der Waals surface area contributed by atoms with Gasteiger partial charge in [-0.3, -0.25) is 14.9 Å². The minimum atomic E-state index is -0.484. The van der Waals surface area contributed by atoms with Crippen molar-refractivity contribution in [3.63, 3.8) is 0 Å². The molecule has 0 atom stereocenters. The summed E-state index contributed by atoms with van der Waals surface area (Å²) >= 11 is 6.67. The SMILES string of the molecule is C=C(N=C/C=C(\N)c1sc(NC(=O)CCl)nc1C)Nc1cccc([N+](=O)[O-])c1. The fourth-order valence-electron chi connectivity index (χ4n) is 2.05. The Morgan fingerprint density at radius 3 is 2.93 bits per heavy atom. The Hall–Kier alpha value is -3.24. The Kier molecular flexibility index (Phi) is 7.24. The van der Waals surface area contributed by atoms with E-state index in [4.69, 9.17) is 17.3 Å². The molecule has 9 nitrogen and oxygen atoms in total. The number of benzene rings is 1. The van der Waals surface area contributed by atoms with Gasteiger partial charge >= 0.3 is 0 Å². The zero-order valence-corrected chi connectivity index (χ0v) is 16.4. The van der Waals surface area contributed by atoms with Gasteiger partial charge in [0, 0.05) is 24.0 Å². The van der Waals surface area contributed by atoms with Crippen molar-refractivity contribution in [3.05, 3.63) is 63.4 Å². The lowest BCUT2D eigenvalue weighted by atomic mass is 10.3. The lowest BCUT2D eigenvalue weighted by Gasteiger charge is -2.04. The topological polar surface area (TPSA) is 136 Å². The average Bonchev–Trinajstić information content (AvgIpc) is 3.01. The molecular formula is C17H17ClN6O3S. The molecule has 1 aromatic heterocycles. The van der Waals surface area contributed by atoms with Crippen LogP contribution in [0.2, 0.25) is 0 Å². The molecule has 0 aliphatic carbocycles. The third-order valence-electron chi connectivity index (χ3n) is 3.26. The molecule has 1 heterocycles. The van der Waals surface area contributed by atoms with E-state index >= 15 is 0 Å². The van der Waals surface area contributed by atoms with Crippen LogP contribution in [0.1, 0.15) is 10.6 Å². The number of halogens is 1. The van der Waals surface area contributed by atoms with Crippen LogP contribution in [0.4, 0.5) is 16.5 Å². The smallest absolute Gasteiger partial charge is 0.271 e. The number of allylic oxidation sites excluding steroid dienone is 1. The number of aliphatic imine (C=N–C) groups is 1. The molecule has 0 spiro atoms. The van der Waals surface area contributed by atoms with Gasteiger partial charge in [-0.1, -0.05) is 24.0 Å². The molecular weight excluding hydrogens is 404 g/mol. The molecule has 0 saturated heterocycles. The van der Waals surface area contributed by atoms with E-state index < -0.39 is 4.92 Å². The Morgan fingerprint density at radius 1 is 1.50 bits per heavy atom. The number of carbonyl (C=O) groups is 1. The minimum Gasteiger partial charge on any atom is -0.397 e. The summed E-state index contributed by atoms with van der Waals surface area (Å²) < 4.78 is 0. The number of thiazole rings is 1. The highest BCUT2D eigenvalue weighted by Crippen LogP contribution is 2.26. The van der Waals surface area contributed by atoms with Crippen molar-refractivity contribution < 1.29 is 9.72 Å². The van der Waals surface area contributed by atoms with Gasteiger partial charge in [0.1, 0.15) is 11.7 Å². The summed E-state index contributed by atoms with van der Waals surface area (Å²) in [6.07, 6.45) is 3.01. The number of nitrogens with zero attached hydrogens (tertiary/aromatic N) is 3. The first-order valence-electron chi connectivity index (χ1n) is 7.84. The molecule has 0 aliphatic rings. The molecule has 2 aromatic rings. The van der Waals surface area contributed by atoms with Crippen molar-refractivity contribution in [3.8, 4) is 0 Å². The van der Waals surface area contributed by atoms with Gasteiger partial charge in [0.15, 0.2) is 5.13 Å². The normalized spacial score (nSPS) is 11.4. The van der Waals surface area contributed by atoms with Gasteiger partial charge in [-0.25, -0.2) is 9.98 Å². The predicted molar refractivity (Wildman–Crippen MR) is 113 cm³/mol. The lowest BCUT2D eigenvalue weighted by Crippen LogP contribution is -2.12. The van der Waals surface area contributed by atoms with Gasteiger partial charge in [-0.2, -0.15) is 0 Å². The molecule has 0 unspecified atom stereocenters. The van der Waals surface area contributed by atoms with Gasteiger partial charge in [0.25, 0.3) is 5.69 Å². The molecule has 146 valence electrons. The van der Waals surface area contributed by atoms with Crippen LogP contribution in [0.25, 0.3) is 5.70 Å². The first-order chi connectivity index (χ1) is 13.3. The molecule has 2 rings (SSSR count). The number of aromatic nitrogens is 1. The maximum atomic E-state index is 11.3. The van der Waals surface area contributed by atoms with Crippen LogP contribution in [0, 0.1) is 17.0 Å². The van der Waals surface area contributed by atoms with Gasteiger partial charge in [0.2, 0.25) is 5.91 Å². The molecule has 0 radical (unpaired) electrons. The van der Waals surface area contributed by atoms with Gasteiger partial charge in [-0.15, -0.1) is 11.6 Å². The second-order valence-corrected chi connectivity index (χ2v) is 6.66. The van der Waals surface area contributed by atoms with E-state index in [2.05, 4.69) is 27.2 Å². The number of hydrogen-bond donors (Lipinski definition) is 3. The summed E-state index contributed by atoms with van der Waals surface area (Å²) in [6.45, 7) is 5.51. The highest BCUT2D eigenvalue weighted by atomic mass is 35.5. The first kappa shape index (κ1) is 21.1. The zero-order chi connectivity index (χ0) is 20.7. The lowest BCUT2D eigenvalue weighted by molar-refractivity contribution is -0.384. The van der Waals surface area contributed by atoms with E-state index in [0.717, 1.165) is 0 Å². The van der Waals surface area contributed by atoms with Crippen LogP contribution >= 0.6 is 22.9 Å². The molecule has 0 bridgehead atoms. The number of anilines is 2. The van der Waals surface area contributed by atoms with Crippen molar-refractivity contribution in [2.24, 2.45) is 10.7 Å². The number of nitrogens with two attached hydrogens (primary N) is 1. The van der Waals surface area contributed by atoms with Crippen LogP contribution < -0.4 is 16.4 Å². The maximum absolute atomic E-state index is 11.3. The molecule has 1 amide bonds. The monoisotopic (exact) mass is 420 g/mol. The number of amides is 1. The van der Waals surface area contributed by atoms with E-state index in [9.17, 15) is 14.9 Å². The molecule has 4 N–H and O–H groups in total. The van der Waals surface area contributed by atoms with Crippen molar-refractivity contribution in [1.82, 2.24) is 4.98 Å². The molecule has 28 heavy (non-hydrogen) atoms. The fourth-order valence-corrected chi connectivity index (χ4v) is 3.04.